The molecular formula is C20H23N5O. The Morgan fingerprint density at radius 2 is 2.00 bits per heavy atom. The molecule has 0 bridgehead atoms. The molecule has 2 N–H and O–H groups in total. The number of anilines is 1. The molecule has 2 aromatic heterocycles. The lowest BCUT2D eigenvalue weighted by Gasteiger charge is -2.11. The van der Waals surface area contributed by atoms with Crippen LogP contribution in [-0.2, 0) is 0 Å². The van der Waals surface area contributed by atoms with Crippen molar-refractivity contribution in [1.82, 2.24) is 19.9 Å². The minimum Gasteiger partial charge on any atom is -0.352 e. The highest BCUT2D eigenvalue weighted by Gasteiger charge is 2.24. The predicted octanol–water partition coefficient (Wildman–Crippen LogP) is 3.42. The van der Waals surface area contributed by atoms with Crippen molar-refractivity contribution in [2.75, 3.05) is 5.32 Å². The number of carbonyl (C=O) groups is 1. The number of benzene rings is 1. The molecule has 1 aromatic carbocycles. The summed E-state index contributed by atoms with van der Waals surface area (Å²) >= 11 is 0. The lowest BCUT2D eigenvalue weighted by atomic mass is 9.98. The van der Waals surface area contributed by atoms with Crippen molar-refractivity contribution in [2.24, 2.45) is 0 Å². The Labute approximate surface area is 152 Å². The van der Waals surface area contributed by atoms with Crippen molar-refractivity contribution in [3.8, 4) is 11.1 Å². The van der Waals surface area contributed by atoms with E-state index >= 15 is 0 Å². The third-order valence-corrected chi connectivity index (χ3v) is 4.55. The van der Waals surface area contributed by atoms with Crippen LogP contribution in [0.1, 0.15) is 42.6 Å². The van der Waals surface area contributed by atoms with E-state index in [9.17, 15) is 4.79 Å². The van der Waals surface area contributed by atoms with Gasteiger partial charge in [-0.05, 0) is 74.6 Å². The smallest absolute Gasteiger partial charge is 0.251 e. The highest BCUT2D eigenvalue weighted by atomic mass is 16.1. The first-order valence-electron chi connectivity index (χ1n) is 9.04. The number of fused-ring (bicyclic) bond motifs is 1. The average molecular weight is 349 g/mol. The van der Waals surface area contributed by atoms with Gasteiger partial charge in [-0.1, -0.05) is 6.07 Å². The van der Waals surface area contributed by atoms with Gasteiger partial charge in [-0.15, -0.1) is 10.2 Å². The molecule has 4 rings (SSSR count). The zero-order valence-electron chi connectivity index (χ0n) is 15.3. The quantitative estimate of drug-likeness (QED) is 0.740. The summed E-state index contributed by atoms with van der Waals surface area (Å²) in [6.45, 7) is 6.19. The van der Waals surface area contributed by atoms with Crippen LogP contribution in [-0.4, -0.2) is 32.6 Å². The minimum atomic E-state index is 0.000672. The second-order valence-corrected chi connectivity index (χ2v) is 7.24. The molecule has 6 heteroatoms. The van der Waals surface area contributed by atoms with E-state index in [1.165, 1.54) is 0 Å². The molecule has 134 valence electrons. The molecule has 0 atom stereocenters. The van der Waals surface area contributed by atoms with Gasteiger partial charge in [-0.2, -0.15) is 0 Å². The van der Waals surface area contributed by atoms with Gasteiger partial charge >= 0.3 is 0 Å². The largest absolute Gasteiger partial charge is 0.352 e. The molecule has 0 saturated heterocycles. The van der Waals surface area contributed by atoms with Crippen molar-refractivity contribution >= 4 is 17.5 Å². The van der Waals surface area contributed by atoms with E-state index in [0.717, 1.165) is 41.1 Å². The Kier molecular flexibility index (Phi) is 4.11. The molecule has 2 heterocycles. The van der Waals surface area contributed by atoms with Crippen LogP contribution in [0.15, 0.2) is 36.5 Å². The van der Waals surface area contributed by atoms with Crippen molar-refractivity contribution in [1.29, 1.82) is 0 Å². The topological polar surface area (TPSA) is 71.3 Å². The number of amides is 1. The fourth-order valence-corrected chi connectivity index (χ4v) is 2.99. The standard InChI is InChI=1S/C20H23N5O/c1-12(2)21-20-24-23-18-11-14(8-9-25(18)20)17-10-15(5-4-13(17)3)19(26)22-16-6-7-16/h4-5,8-12,16H,6-7H2,1-3H3,(H,21,24)(H,22,26). The van der Waals surface area contributed by atoms with Gasteiger partial charge in [0.2, 0.25) is 5.95 Å². The first-order chi connectivity index (χ1) is 12.5. The summed E-state index contributed by atoms with van der Waals surface area (Å²) in [5.74, 6) is 0.733. The maximum absolute atomic E-state index is 12.4. The number of aryl methyl sites for hydroxylation is 1. The summed E-state index contributed by atoms with van der Waals surface area (Å²) in [5, 5.41) is 14.8. The van der Waals surface area contributed by atoms with Crippen molar-refractivity contribution < 1.29 is 4.79 Å². The molecular weight excluding hydrogens is 326 g/mol. The number of carbonyl (C=O) groups excluding carboxylic acids is 1. The molecule has 26 heavy (non-hydrogen) atoms. The van der Waals surface area contributed by atoms with Gasteiger partial charge in [-0.25, -0.2) is 0 Å². The summed E-state index contributed by atoms with van der Waals surface area (Å²) in [6, 6.07) is 10.5. The Hall–Kier alpha value is -2.89. The Bertz CT molecular complexity index is 971. The number of hydrogen-bond donors (Lipinski definition) is 2. The van der Waals surface area contributed by atoms with E-state index in [0.29, 0.717) is 11.6 Å². The van der Waals surface area contributed by atoms with E-state index in [1.807, 2.05) is 40.9 Å². The molecule has 1 amide bonds. The first kappa shape index (κ1) is 16.6. The second kappa shape index (κ2) is 6.44. The Balaban J connectivity index is 1.68. The van der Waals surface area contributed by atoms with Gasteiger partial charge in [0.15, 0.2) is 5.65 Å². The summed E-state index contributed by atoms with van der Waals surface area (Å²) in [4.78, 5) is 12.4. The van der Waals surface area contributed by atoms with Crippen LogP contribution < -0.4 is 10.6 Å². The molecule has 3 aromatic rings. The molecule has 6 nitrogen and oxygen atoms in total. The van der Waals surface area contributed by atoms with Crippen molar-refractivity contribution in [3.05, 3.63) is 47.7 Å². The fourth-order valence-electron chi connectivity index (χ4n) is 2.99. The van der Waals surface area contributed by atoms with Gasteiger partial charge < -0.3 is 10.6 Å². The maximum Gasteiger partial charge on any atom is 0.251 e. The number of aromatic nitrogens is 3. The predicted molar refractivity (Wildman–Crippen MR) is 102 cm³/mol. The summed E-state index contributed by atoms with van der Waals surface area (Å²) in [6.07, 6.45) is 4.13. The third kappa shape index (κ3) is 3.27. The van der Waals surface area contributed by atoms with E-state index in [4.69, 9.17) is 0 Å². The zero-order valence-corrected chi connectivity index (χ0v) is 15.3. The molecule has 0 unspecified atom stereocenters. The first-order valence-corrected chi connectivity index (χ1v) is 9.04. The average Bonchev–Trinajstić information content (AvgIpc) is 3.34. The van der Waals surface area contributed by atoms with Gasteiger partial charge in [0, 0.05) is 23.8 Å². The second-order valence-electron chi connectivity index (χ2n) is 7.24. The Morgan fingerprint density at radius 1 is 1.19 bits per heavy atom. The van der Waals surface area contributed by atoms with Crippen LogP contribution in [0.4, 0.5) is 5.95 Å². The lowest BCUT2D eigenvalue weighted by molar-refractivity contribution is 0.0951. The highest BCUT2D eigenvalue weighted by molar-refractivity contribution is 5.96. The van der Waals surface area contributed by atoms with Crippen LogP contribution >= 0.6 is 0 Å². The summed E-state index contributed by atoms with van der Waals surface area (Å²) in [7, 11) is 0. The molecule has 1 saturated carbocycles. The molecule has 0 spiro atoms. The summed E-state index contributed by atoms with van der Waals surface area (Å²) in [5.41, 5.74) is 4.66. The molecule has 1 aliphatic carbocycles. The monoisotopic (exact) mass is 349 g/mol. The van der Waals surface area contributed by atoms with Crippen LogP contribution in [0.3, 0.4) is 0 Å². The normalized spacial score (nSPS) is 14.0. The van der Waals surface area contributed by atoms with Crippen molar-refractivity contribution in [2.45, 2.75) is 45.7 Å². The van der Waals surface area contributed by atoms with Gasteiger partial charge in [0.25, 0.3) is 5.91 Å². The van der Waals surface area contributed by atoms with Crippen LogP contribution in [0, 0.1) is 6.92 Å². The molecule has 0 aliphatic heterocycles. The molecule has 0 radical (unpaired) electrons. The van der Waals surface area contributed by atoms with Gasteiger partial charge in [-0.3, -0.25) is 9.20 Å². The van der Waals surface area contributed by atoms with Gasteiger partial charge in [0.1, 0.15) is 0 Å². The number of rotatable bonds is 5. The minimum absolute atomic E-state index is 0.000672. The lowest BCUT2D eigenvalue weighted by Crippen LogP contribution is -2.25. The van der Waals surface area contributed by atoms with E-state index in [1.54, 1.807) is 0 Å². The van der Waals surface area contributed by atoms with Crippen LogP contribution in [0.5, 0.6) is 0 Å². The third-order valence-electron chi connectivity index (χ3n) is 4.55. The van der Waals surface area contributed by atoms with E-state index < -0.39 is 0 Å². The van der Waals surface area contributed by atoms with Gasteiger partial charge in [0.05, 0.1) is 0 Å². The SMILES string of the molecule is Cc1ccc(C(=O)NC2CC2)cc1-c1ccn2c(NC(C)C)nnc2c1. The number of pyridine rings is 1. The molecule has 1 aliphatic rings. The van der Waals surface area contributed by atoms with Crippen LogP contribution in [0.2, 0.25) is 0 Å². The maximum atomic E-state index is 12.4. The van der Waals surface area contributed by atoms with Crippen LogP contribution in [0.25, 0.3) is 16.8 Å². The summed E-state index contributed by atoms with van der Waals surface area (Å²) < 4.78 is 1.93. The van der Waals surface area contributed by atoms with E-state index in [-0.39, 0.29) is 11.9 Å². The number of nitrogens with one attached hydrogen (secondary N) is 2. The molecule has 1 fully saturated rings. The number of hydrogen-bond acceptors (Lipinski definition) is 4. The van der Waals surface area contributed by atoms with Crippen molar-refractivity contribution in [3.63, 3.8) is 0 Å². The zero-order chi connectivity index (χ0) is 18.3. The number of nitrogens with zero attached hydrogens (tertiary/aromatic N) is 3. The fraction of sp³-hybridized carbons (Fsp3) is 0.350. The van der Waals surface area contributed by atoms with E-state index in [2.05, 4.69) is 41.6 Å². The highest BCUT2D eigenvalue weighted by Crippen LogP contribution is 2.27. The Morgan fingerprint density at radius 3 is 2.73 bits per heavy atom.